The zero-order valence-electron chi connectivity index (χ0n) is 18.3. The summed E-state index contributed by atoms with van der Waals surface area (Å²) in [6.07, 6.45) is 4.18. The van der Waals surface area contributed by atoms with Crippen LogP contribution in [0.25, 0.3) is 0 Å². The predicted octanol–water partition coefficient (Wildman–Crippen LogP) is 2.37. The molecule has 1 spiro atoms. The van der Waals surface area contributed by atoms with Gasteiger partial charge in [0.1, 0.15) is 18.2 Å². The minimum atomic E-state index is -0.488. The molecule has 0 saturated carbocycles. The first kappa shape index (κ1) is 22.1. The molecule has 0 unspecified atom stereocenters. The maximum absolute atomic E-state index is 12.8. The molecule has 0 aliphatic carbocycles. The summed E-state index contributed by atoms with van der Waals surface area (Å²) in [7, 11) is 0. The van der Waals surface area contributed by atoms with Gasteiger partial charge in [0.15, 0.2) is 0 Å². The van der Waals surface area contributed by atoms with E-state index in [4.69, 9.17) is 16.3 Å². The number of ether oxygens (including phenoxy) is 1. The first-order valence-corrected chi connectivity index (χ1v) is 11.7. The number of aryl methyl sites for hydroxylation is 1. The monoisotopic (exact) mass is 470 g/mol. The molecule has 9 heteroatoms. The molecule has 0 atom stereocenters. The molecule has 1 saturated heterocycles. The Hall–Kier alpha value is -2.68. The normalized spacial score (nSPS) is 19.4. The van der Waals surface area contributed by atoms with Crippen LogP contribution in [0, 0.1) is 0 Å². The number of aliphatic hydroxyl groups is 1. The molecule has 8 nitrogen and oxygen atoms in total. The largest absolute Gasteiger partial charge is 0.491 e. The Morgan fingerprint density at radius 1 is 1.15 bits per heavy atom. The second-order valence-corrected chi connectivity index (χ2v) is 9.28. The van der Waals surface area contributed by atoms with E-state index in [0.717, 1.165) is 49.3 Å². The molecular weight excluding hydrogens is 444 g/mol. The van der Waals surface area contributed by atoms with Crippen molar-refractivity contribution >= 4 is 34.9 Å². The van der Waals surface area contributed by atoms with Gasteiger partial charge in [0.25, 0.3) is 0 Å². The molecule has 5 rings (SSSR count). The Labute approximate surface area is 197 Å². The molecule has 174 valence electrons. The summed E-state index contributed by atoms with van der Waals surface area (Å²) in [6.45, 7) is 3.05. The van der Waals surface area contributed by atoms with Crippen LogP contribution < -0.4 is 15.0 Å². The smallest absolute Gasteiger partial charge is 0.235 e. The van der Waals surface area contributed by atoms with Crippen molar-refractivity contribution in [1.29, 1.82) is 0 Å². The van der Waals surface area contributed by atoms with Gasteiger partial charge in [-0.3, -0.25) is 19.4 Å². The fourth-order valence-corrected chi connectivity index (χ4v) is 5.32. The van der Waals surface area contributed by atoms with Crippen molar-refractivity contribution in [2.24, 2.45) is 0 Å². The van der Waals surface area contributed by atoms with E-state index in [0.29, 0.717) is 36.0 Å². The van der Waals surface area contributed by atoms with E-state index >= 15 is 0 Å². The number of piperidine rings is 1. The van der Waals surface area contributed by atoms with Crippen molar-refractivity contribution in [3.05, 3.63) is 46.6 Å². The van der Waals surface area contributed by atoms with Gasteiger partial charge < -0.3 is 15.2 Å². The zero-order valence-corrected chi connectivity index (χ0v) is 19.1. The fourth-order valence-electron chi connectivity index (χ4n) is 5.15. The van der Waals surface area contributed by atoms with Crippen LogP contribution in [0.4, 0.5) is 11.5 Å². The highest BCUT2D eigenvalue weighted by atomic mass is 35.5. The lowest BCUT2D eigenvalue weighted by Crippen LogP contribution is -2.47. The highest BCUT2D eigenvalue weighted by Gasteiger charge is 2.48. The number of β-amino-alcohol motifs (C(OH)–C–C–N with tert-alkyl or cyclic N) is 1. The first-order chi connectivity index (χ1) is 16.0. The molecule has 1 aromatic carbocycles. The Morgan fingerprint density at radius 3 is 2.76 bits per heavy atom. The highest BCUT2D eigenvalue weighted by Crippen LogP contribution is 2.45. The van der Waals surface area contributed by atoms with Gasteiger partial charge in [-0.25, -0.2) is 4.98 Å². The third-order valence-electron chi connectivity index (χ3n) is 6.97. The average molecular weight is 471 g/mol. The number of aliphatic hydroxyl groups excluding tert-OH is 1. The number of aromatic nitrogens is 1. The SMILES string of the molecule is O=C1CCc2cc(OCCN3CCC4(CC3)C(=O)Nc3ccc(Cl)cc34)cnc2N1CCO. The molecule has 2 aromatic rings. The van der Waals surface area contributed by atoms with Gasteiger partial charge in [-0.2, -0.15) is 0 Å². The lowest BCUT2D eigenvalue weighted by atomic mass is 9.73. The number of rotatable bonds is 6. The molecule has 1 aromatic heterocycles. The number of nitrogens with one attached hydrogen (secondary N) is 1. The van der Waals surface area contributed by atoms with Crippen LogP contribution in [0.15, 0.2) is 30.5 Å². The molecule has 1 fully saturated rings. The number of likely N-dealkylation sites (tertiary alicyclic amines) is 1. The molecular formula is C24H27ClN4O4. The number of nitrogens with zero attached hydrogens (tertiary/aromatic N) is 3. The van der Waals surface area contributed by atoms with Gasteiger partial charge in [-0.05, 0) is 67.7 Å². The molecule has 2 amide bonds. The second-order valence-electron chi connectivity index (χ2n) is 8.84. The Kier molecular flexibility index (Phi) is 5.99. The van der Waals surface area contributed by atoms with E-state index < -0.39 is 5.41 Å². The number of hydrogen-bond donors (Lipinski definition) is 2. The number of pyridine rings is 1. The van der Waals surface area contributed by atoms with E-state index in [2.05, 4.69) is 15.2 Å². The molecule has 4 heterocycles. The third kappa shape index (κ3) is 4.07. The van der Waals surface area contributed by atoms with Crippen molar-refractivity contribution in [3.63, 3.8) is 0 Å². The minimum Gasteiger partial charge on any atom is -0.491 e. The summed E-state index contributed by atoms with van der Waals surface area (Å²) >= 11 is 6.20. The number of anilines is 2. The lowest BCUT2D eigenvalue weighted by Gasteiger charge is -2.38. The maximum Gasteiger partial charge on any atom is 0.235 e. The quantitative estimate of drug-likeness (QED) is 0.673. The summed E-state index contributed by atoms with van der Waals surface area (Å²) in [4.78, 5) is 33.1. The van der Waals surface area contributed by atoms with Crippen molar-refractivity contribution < 1.29 is 19.4 Å². The summed E-state index contributed by atoms with van der Waals surface area (Å²) in [6, 6.07) is 7.56. The maximum atomic E-state index is 12.8. The van der Waals surface area contributed by atoms with Crippen molar-refractivity contribution in [2.45, 2.75) is 31.1 Å². The van der Waals surface area contributed by atoms with E-state index in [-0.39, 0.29) is 25.0 Å². The Bertz CT molecular complexity index is 1080. The molecule has 0 radical (unpaired) electrons. The van der Waals surface area contributed by atoms with Crippen molar-refractivity contribution in [2.75, 3.05) is 49.6 Å². The van der Waals surface area contributed by atoms with Crippen LogP contribution in [-0.2, 0) is 21.4 Å². The van der Waals surface area contributed by atoms with Crippen LogP contribution in [0.5, 0.6) is 5.75 Å². The average Bonchev–Trinajstić information content (AvgIpc) is 3.08. The number of fused-ring (bicyclic) bond motifs is 3. The molecule has 2 N–H and O–H groups in total. The van der Waals surface area contributed by atoms with E-state index in [1.807, 2.05) is 24.3 Å². The topological polar surface area (TPSA) is 95.0 Å². The van der Waals surface area contributed by atoms with Gasteiger partial charge >= 0.3 is 0 Å². The molecule has 3 aliphatic heterocycles. The van der Waals surface area contributed by atoms with Crippen LogP contribution in [0.2, 0.25) is 5.02 Å². The third-order valence-corrected chi connectivity index (χ3v) is 7.21. The van der Waals surface area contributed by atoms with Gasteiger partial charge in [-0.15, -0.1) is 0 Å². The first-order valence-electron chi connectivity index (χ1n) is 11.4. The van der Waals surface area contributed by atoms with Crippen molar-refractivity contribution in [3.8, 4) is 5.75 Å². The number of carbonyl (C=O) groups is 2. The second kappa shape index (κ2) is 8.93. The number of halogens is 1. The van der Waals surface area contributed by atoms with Crippen LogP contribution >= 0.6 is 11.6 Å². The summed E-state index contributed by atoms with van der Waals surface area (Å²) in [5.74, 6) is 1.36. The molecule has 3 aliphatic rings. The van der Waals surface area contributed by atoms with Gasteiger partial charge in [0.05, 0.1) is 24.8 Å². The highest BCUT2D eigenvalue weighted by molar-refractivity contribution is 6.31. The standard InChI is InChI=1S/C24H27ClN4O4/c25-17-2-3-20-19(14-17)24(23(32)27-20)5-7-28(8-6-24)10-12-33-18-13-16-1-4-21(31)29(9-11-30)22(16)26-15-18/h2-3,13-15,30H,1,4-12H2,(H,27,32). The van der Waals surface area contributed by atoms with E-state index in [1.54, 1.807) is 6.20 Å². The lowest BCUT2D eigenvalue weighted by molar-refractivity contribution is -0.122. The zero-order chi connectivity index (χ0) is 23.0. The summed E-state index contributed by atoms with van der Waals surface area (Å²) in [5, 5.41) is 12.9. The number of amides is 2. The molecule has 33 heavy (non-hydrogen) atoms. The number of hydrogen-bond acceptors (Lipinski definition) is 6. The molecule has 0 bridgehead atoms. The summed E-state index contributed by atoms with van der Waals surface area (Å²) < 4.78 is 5.95. The van der Waals surface area contributed by atoms with E-state index in [9.17, 15) is 14.7 Å². The van der Waals surface area contributed by atoms with Crippen LogP contribution in [0.3, 0.4) is 0 Å². The van der Waals surface area contributed by atoms with Gasteiger partial charge in [0, 0.05) is 23.7 Å². The number of benzene rings is 1. The summed E-state index contributed by atoms with van der Waals surface area (Å²) in [5.41, 5.74) is 2.37. The van der Waals surface area contributed by atoms with Gasteiger partial charge in [-0.1, -0.05) is 11.6 Å². The van der Waals surface area contributed by atoms with Crippen molar-refractivity contribution in [1.82, 2.24) is 9.88 Å². The Balaban J connectivity index is 1.17. The van der Waals surface area contributed by atoms with Crippen LogP contribution in [0.1, 0.15) is 30.4 Å². The van der Waals surface area contributed by atoms with Gasteiger partial charge in [0.2, 0.25) is 11.8 Å². The predicted molar refractivity (Wildman–Crippen MR) is 125 cm³/mol. The Morgan fingerprint density at radius 2 is 1.97 bits per heavy atom. The van der Waals surface area contributed by atoms with E-state index in [1.165, 1.54) is 4.90 Å². The fraction of sp³-hybridized carbons (Fsp3) is 0.458. The van der Waals surface area contributed by atoms with Crippen LogP contribution in [-0.4, -0.2) is 66.2 Å². The minimum absolute atomic E-state index is 0.0126. The number of carbonyl (C=O) groups excluding carboxylic acids is 2.